The highest BCUT2D eigenvalue weighted by Gasteiger charge is 2.31. The van der Waals surface area contributed by atoms with E-state index in [4.69, 9.17) is 16.4 Å². The third-order valence-corrected chi connectivity index (χ3v) is 6.94. The number of alkyl halides is 3. The lowest BCUT2D eigenvalue weighted by Crippen LogP contribution is -2.05. The van der Waals surface area contributed by atoms with Crippen LogP contribution in [0.15, 0.2) is 56.2 Å². The summed E-state index contributed by atoms with van der Waals surface area (Å²) in [5.41, 5.74) is 0.292. The van der Waals surface area contributed by atoms with Gasteiger partial charge in [0.2, 0.25) is 0 Å². The van der Waals surface area contributed by atoms with Crippen molar-refractivity contribution in [1.82, 2.24) is 9.36 Å². The predicted octanol–water partition coefficient (Wildman–Crippen LogP) is 6.74. The van der Waals surface area contributed by atoms with Crippen LogP contribution in [-0.2, 0) is 24.0 Å². The van der Waals surface area contributed by atoms with Gasteiger partial charge < -0.3 is 4.84 Å². The van der Waals surface area contributed by atoms with Crippen molar-refractivity contribution in [2.75, 3.05) is 0 Å². The maximum absolute atomic E-state index is 12.8. The van der Waals surface area contributed by atoms with Crippen LogP contribution in [0.25, 0.3) is 0 Å². The molecule has 0 aliphatic heterocycles. The van der Waals surface area contributed by atoms with Crippen molar-refractivity contribution in [2.24, 2.45) is 5.16 Å². The SMILES string of the molecule is N#Cc1c(Sc2ncc(C(F)(F)F)cc2Cl)nsc1CC=NOCc1ccccc1Br. The van der Waals surface area contributed by atoms with Gasteiger partial charge in [0.1, 0.15) is 28.3 Å². The standard InChI is InChI=1S/C19H11BrClF3N4OS2/c20-14-4-2-1-3-11(14)10-29-27-6-5-16-13(8-25)17(28-31-16)30-18-15(21)7-12(9-26-18)19(22,23)24/h1-4,6-7,9H,5,10H2. The van der Waals surface area contributed by atoms with E-state index < -0.39 is 11.7 Å². The minimum atomic E-state index is -4.54. The number of hydrogen-bond acceptors (Lipinski definition) is 7. The van der Waals surface area contributed by atoms with E-state index >= 15 is 0 Å². The third kappa shape index (κ3) is 6.20. The normalized spacial score (nSPS) is 11.6. The van der Waals surface area contributed by atoms with Crippen LogP contribution in [0.1, 0.15) is 21.6 Å². The molecular weight excluding hydrogens is 537 g/mol. The summed E-state index contributed by atoms with van der Waals surface area (Å²) < 4.78 is 43.4. The van der Waals surface area contributed by atoms with Gasteiger partial charge in [-0.2, -0.15) is 22.8 Å². The topological polar surface area (TPSA) is 71.2 Å². The molecule has 0 fully saturated rings. The third-order valence-electron chi connectivity index (χ3n) is 3.77. The van der Waals surface area contributed by atoms with Gasteiger partial charge in [0, 0.05) is 33.7 Å². The molecule has 2 heterocycles. The molecule has 0 unspecified atom stereocenters. The van der Waals surface area contributed by atoms with Gasteiger partial charge in [-0.25, -0.2) is 4.98 Å². The molecule has 12 heteroatoms. The lowest BCUT2D eigenvalue weighted by Gasteiger charge is -2.08. The maximum Gasteiger partial charge on any atom is 0.417 e. The summed E-state index contributed by atoms with van der Waals surface area (Å²) in [7, 11) is 0. The number of oxime groups is 1. The number of nitrogens with zero attached hydrogens (tertiary/aromatic N) is 4. The van der Waals surface area contributed by atoms with Crippen molar-refractivity contribution in [2.45, 2.75) is 29.3 Å². The van der Waals surface area contributed by atoms with Crippen molar-refractivity contribution in [3.63, 3.8) is 0 Å². The van der Waals surface area contributed by atoms with Gasteiger partial charge in [0.05, 0.1) is 10.6 Å². The van der Waals surface area contributed by atoms with Crippen LogP contribution in [-0.4, -0.2) is 15.6 Å². The van der Waals surface area contributed by atoms with Crippen LogP contribution >= 0.6 is 50.8 Å². The fourth-order valence-corrected chi connectivity index (χ4v) is 4.66. The van der Waals surface area contributed by atoms with Gasteiger partial charge in [-0.1, -0.05) is 50.9 Å². The molecule has 0 radical (unpaired) electrons. The first-order valence-corrected chi connectivity index (χ1v) is 11.2. The molecule has 3 aromatic rings. The number of pyridine rings is 1. The first-order chi connectivity index (χ1) is 14.8. The largest absolute Gasteiger partial charge is 0.417 e. The lowest BCUT2D eigenvalue weighted by molar-refractivity contribution is -0.137. The fourth-order valence-electron chi connectivity index (χ4n) is 2.27. The highest BCUT2D eigenvalue weighted by molar-refractivity contribution is 9.10. The Bertz CT molecular complexity index is 1150. The molecule has 5 nitrogen and oxygen atoms in total. The zero-order valence-corrected chi connectivity index (χ0v) is 19.3. The summed E-state index contributed by atoms with van der Waals surface area (Å²) in [4.78, 5) is 9.67. The van der Waals surface area contributed by atoms with Crippen molar-refractivity contribution in [1.29, 1.82) is 5.26 Å². The van der Waals surface area contributed by atoms with E-state index in [1.165, 1.54) is 6.21 Å². The highest BCUT2D eigenvalue weighted by Crippen LogP contribution is 2.38. The molecule has 3 rings (SSSR count). The Hall–Kier alpha value is -2.13. The van der Waals surface area contributed by atoms with E-state index in [9.17, 15) is 18.4 Å². The van der Waals surface area contributed by atoms with Crippen molar-refractivity contribution < 1.29 is 18.0 Å². The van der Waals surface area contributed by atoms with Gasteiger partial charge in [-0.05, 0) is 35.4 Å². The molecule has 0 bridgehead atoms. The Morgan fingerprint density at radius 1 is 1.32 bits per heavy atom. The second kappa shape index (κ2) is 10.5. The van der Waals surface area contributed by atoms with Crippen LogP contribution < -0.4 is 0 Å². The number of halogens is 5. The van der Waals surface area contributed by atoms with E-state index in [0.29, 0.717) is 28.1 Å². The molecule has 0 saturated heterocycles. The molecule has 31 heavy (non-hydrogen) atoms. The van der Waals surface area contributed by atoms with Crippen molar-refractivity contribution in [3.05, 3.63) is 67.6 Å². The first kappa shape index (κ1) is 23.5. The van der Waals surface area contributed by atoms with E-state index in [1.807, 2.05) is 24.3 Å². The Balaban J connectivity index is 1.64. The molecule has 0 aliphatic rings. The van der Waals surface area contributed by atoms with Crippen LogP contribution in [0.3, 0.4) is 0 Å². The molecular formula is C19H11BrClF3N4OS2. The molecule has 160 valence electrons. The predicted molar refractivity (Wildman–Crippen MR) is 116 cm³/mol. The summed E-state index contributed by atoms with van der Waals surface area (Å²) in [6.45, 7) is 0.283. The summed E-state index contributed by atoms with van der Waals surface area (Å²) in [6, 6.07) is 10.4. The molecule has 0 atom stereocenters. The smallest absolute Gasteiger partial charge is 0.391 e. The Morgan fingerprint density at radius 2 is 2.10 bits per heavy atom. The molecule has 1 aromatic carbocycles. The Morgan fingerprint density at radius 3 is 2.77 bits per heavy atom. The van der Waals surface area contributed by atoms with E-state index in [-0.39, 0.29) is 16.7 Å². The number of hydrogen-bond donors (Lipinski definition) is 0. The lowest BCUT2D eigenvalue weighted by atomic mass is 10.2. The second-order valence-electron chi connectivity index (χ2n) is 5.87. The second-order valence-corrected chi connectivity index (χ2v) is 8.96. The van der Waals surface area contributed by atoms with Crippen LogP contribution in [0.4, 0.5) is 13.2 Å². The van der Waals surface area contributed by atoms with Crippen LogP contribution in [0.5, 0.6) is 0 Å². The van der Waals surface area contributed by atoms with E-state index in [2.05, 4.69) is 36.5 Å². The number of rotatable bonds is 7. The van der Waals surface area contributed by atoms with Crippen LogP contribution in [0.2, 0.25) is 5.02 Å². The molecule has 0 saturated carbocycles. The van der Waals surface area contributed by atoms with Gasteiger partial charge in [0.15, 0.2) is 0 Å². The zero-order chi connectivity index (χ0) is 22.4. The summed E-state index contributed by atoms with van der Waals surface area (Å²) in [5.74, 6) is 0. The first-order valence-electron chi connectivity index (χ1n) is 8.46. The number of aromatic nitrogens is 2. The quantitative estimate of drug-likeness (QED) is 0.242. The average Bonchev–Trinajstić information content (AvgIpc) is 3.11. The minimum absolute atomic E-state index is 0.133. The van der Waals surface area contributed by atoms with E-state index in [1.54, 1.807) is 0 Å². The minimum Gasteiger partial charge on any atom is -0.391 e. The maximum atomic E-state index is 12.8. The summed E-state index contributed by atoms with van der Waals surface area (Å²) in [6.07, 6.45) is -2.01. The molecule has 0 N–H and O–H groups in total. The Kier molecular flexibility index (Phi) is 7.94. The average molecular weight is 548 g/mol. The van der Waals surface area contributed by atoms with Gasteiger partial charge in [-0.3, -0.25) is 0 Å². The Labute approximate surface area is 197 Å². The van der Waals surface area contributed by atoms with Gasteiger partial charge >= 0.3 is 6.18 Å². The van der Waals surface area contributed by atoms with Gasteiger partial charge in [0.25, 0.3) is 0 Å². The van der Waals surface area contributed by atoms with Gasteiger partial charge in [-0.15, -0.1) is 0 Å². The molecule has 0 aliphatic carbocycles. The molecule has 0 spiro atoms. The van der Waals surface area contributed by atoms with Crippen molar-refractivity contribution in [3.8, 4) is 6.07 Å². The summed E-state index contributed by atoms with van der Waals surface area (Å²) in [5, 5.41) is 13.7. The summed E-state index contributed by atoms with van der Waals surface area (Å²) >= 11 is 11.4. The number of nitriles is 1. The molecule has 2 aromatic heterocycles. The monoisotopic (exact) mass is 546 g/mol. The highest BCUT2D eigenvalue weighted by atomic mass is 79.9. The van der Waals surface area contributed by atoms with E-state index in [0.717, 1.165) is 39.4 Å². The zero-order valence-electron chi connectivity index (χ0n) is 15.4. The number of benzene rings is 1. The van der Waals surface area contributed by atoms with Crippen molar-refractivity contribution >= 4 is 57.0 Å². The molecule has 0 amide bonds. The van der Waals surface area contributed by atoms with Crippen LogP contribution in [0, 0.1) is 11.3 Å². The fraction of sp³-hybridized carbons (Fsp3) is 0.158.